The minimum absolute atomic E-state index is 0.318. The first-order valence-electron chi connectivity index (χ1n) is 7.59. The van der Waals surface area contributed by atoms with E-state index in [2.05, 4.69) is 5.32 Å². The molecule has 2 atom stereocenters. The molecule has 0 amide bonds. The van der Waals surface area contributed by atoms with Gasteiger partial charge in [0.2, 0.25) is 0 Å². The van der Waals surface area contributed by atoms with Crippen LogP contribution in [0.3, 0.4) is 0 Å². The van der Waals surface area contributed by atoms with Crippen molar-refractivity contribution in [3.63, 3.8) is 0 Å². The van der Waals surface area contributed by atoms with Gasteiger partial charge in [-0.1, -0.05) is 29.8 Å². The van der Waals surface area contributed by atoms with Crippen molar-refractivity contribution in [3.8, 4) is 5.75 Å². The Balaban J connectivity index is 1.58. The number of aryl methyl sites for hydroxylation is 1. The van der Waals surface area contributed by atoms with Gasteiger partial charge < -0.3 is 15.5 Å². The zero-order chi connectivity index (χ0) is 15.5. The van der Waals surface area contributed by atoms with Crippen molar-refractivity contribution in [2.75, 3.05) is 6.54 Å². The third-order valence-corrected chi connectivity index (χ3v) is 4.49. The van der Waals surface area contributed by atoms with E-state index in [1.54, 1.807) is 18.2 Å². The topological polar surface area (TPSA) is 52.5 Å². The molecule has 2 aromatic carbocycles. The van der Waals surface area contributed by atoms with Crippen LogP contribution >= 0.6 is 11.6 Å². The van der Waals surface area contributed by atoms with Crippen LogP contribution in [-0.2, 0) is 12.8 Å². The number of phenols is 1. The van der Waals surface area contributed by atoms with Gasteiger partial charge >= 0.3 is 0 Å². The van der Waals surface area contributed by atoms with Crippen molar-refractivity contribution < 1.29 is 10.2 Å². The van der Waals surface area contributed by atoms with Crippen LogP contribution in [0.4, 0.5) is 0 Å². The highest BCUT2D eigenvalue weighted by Crippen LogP contribution is 2.25. The van der Waals surface area contributed by atoms with Crippen molar-refractivity contribution in [3.05, 3.63) is 64.2 Å². The molecule has 0 heterocycles. The molecule has 0 unspecified atom stereocenters. The van der Waals surface area contributed by atoms with E-state index < -0.39 is 6.10 Å². The first-order chi connectivity index (χ1) is 10.6. The predicted molar refractivity (Wildman–Crippen MR) is 88.3 cm³/mol. The summed E-state index contributed by atoms with van der Waals surface area (Å²) < 4.78 is 0. The zero-order valence-corrected chi connectivity index (χ0v) is 13.1. The van der Waals surface area contributed by atoms with Gasteiger partial charge in [0.25, 0.3) is 0 Å². The molecule has 0 spiro atoms. The molecule has 3 rings (SSSR count). The van der Waals surface area contributed by atoms with Crippen molar-refractivity contribution in [1.29, 1.82) is 0 Å². The minimum Gasteiger partial charge on any atom is -0.508 e. The Morgan fingerprint density at radius 2 is 2.05 bits per heavy atom. The number of benzene rings is 2. The number of hydrogen-bond acceptors (Lipinski definition) is 3. The first-order valence-corrected chi connectivity index (χ1v) is 7.97. The molecule has 0 bridgehead atoms. The smallest absolute Gasteiger partial charge is 0.115 e. The molecule has 4 heteroatoms. The lowest BCUT2D eigenvalue weighted by molar-refractivity contribution is 0.168. The summed E-state index contributed by atoms with van der Waals surface area (Å²) >= 11 is 5.95. The number of phenolic OH excluding ortho intramolecular Hbond substituents is 1. The molecule has 0 radical (unpaired) electrons. The van der Waals surface area contributed by atoms with Crippen LogP contribution in [0.5, 0.6) is 5.75 Å². The van der Waals surface area contributed by atoms with Gasteiger partial charge in [-0.05, 0) is 60.2 Å². The average Bonchev–Trinajstić information content (AvgIpc) is 2.52. The predicted octanol–water partition coefficient (Wildman–Crippen LogP) is 3.23. The molecular weight excluding hydrogens is 298 g/mol. The van der Waals surface area contributed by atoms with E-state index in [-0.39, 0.29) is 0 Å². The summed E-state index contributed by atoms with van der Waals surface area (Å²) in [6.45, 7) is 0.499. The number of hydrogen-bond donors (Lipinski definition) is 3. The maximum atomic E-state index is 10.3. The lowest BCUT2D eigenvalue weighted by atomic mass is 9.88. The maximum absolute atomic E-state index is 10.3. The summed E-state index contributed by atoms with van der Waals surface area (Å²) in [6.07, 6.45) is 2.36. The molecule has 0 saturated carbocycles. The van der Waals surface area contributed by atoms with Gasteiger partial charge in [0.1, 0.15) is 5.75 Å². The summed E-state index contributed by atoms with van der Waals surface area (Å²) in [6, 6.07) is 13.2. The average molecular weight is 318 g/mol. The van der Waals surface area contributed by atoms with Gasteiger partial charge in [0, 0.05) is 17.6 Å². The van der Waals surface area contributed by atoms with Gasteiger partial charge in [-0.2, -0.15) is 0 Å². The monoisotopic (exact) mass is 317 g/mol. The fraction of sp³-hybridized carbons (Fsp3) is 0.333. The molecule has 2 aromatic rings. The molecule has 22 heavy (non-hydrogen) atoms. The van der Waals surface area contributed by atoms with E-state index in [9.17, 15) is 10.2 Å². The number of aliphatic hydroxyl groups excluding tert-OH is 1. The standard InChI is InChI=1S/C18H20ClNO2/c19-15-3-1-2-13(8-15)18(22)11-20-16-6-4-12-5-7-17(21)10-14(12)9-16/h1-3,5,7-8,10,16,18,20-22H,4,6,9,11H2/t16-,18-/m1/s1. The Morgan fingerprint density at radius 1 is 1.18 bits per heavy atom. The second kappa shape index (κ2) is 6.69. The summed E-state index contributed by atoms with van der Waals surface area (Å²) in [5, 5.41) is 23.9. The second-order valence-corrected chi connectivity index (χ2v) is 6.31. The Hall–Kier alpha value is -1.55. The van der Waals surface area contributed by atoms with E-state index >= 15 is 0 Å². The third-order valence-electron chi connectivity index (χ3n) is 4.25. The first kappa shape index (κ1) is 15.3. The molecular formula is C18H20ClNO2. The summed E-state index contributed by atoms with van der Waals surface area (Å²) in [5.41, 5.74) is 3.33. The van der Waals surface area contributed by atoms with E-state index in [0.29, 0.717) is 23.4 Å². The number of aliphatic hydroxyl groups is 1. The van der Waals surface area contributed by atoms with E-state index in [4.69, 9.17) is 11.6 Å². The molecule has 0 fully saturated rings. The SMILES string of the molecule is Oc1ccc2c(c1)C[C@H](NC[C@@H](O)c1cccc(Cl)c1)CC2. The van der Waals surface area contributed by atoms with Crippen LogP contribution in [-0.4, -0.2) is 22.8 Å². The number of rotatable bonds is 4. The largest absolute Gasteiger partial charge is 0.508 e. The molecule has 3 N–H and O–H groups in total. The summed E-state index contributed by atoms with van der Waals surface area (Å²) in [7, 11) is 0. The van der Waals surface area contributed by atoms with Gasteiger partial charge in [-0.25, -0.2) is 0 Å². The maximum Gasteiger partial charge on any atom is 0.115 e. The van der Waals surface area contributed by atoms with E-state index in [0.717, 1.165) is 24.8 Å². The summed E-state index contributed by atoms with van der Waals surface area (Å²) in [4.78, 5) is 0. The van der Waals surface area contributed by atoms with E-state index in [1.165, 1.54) is 11.1 Å². The summed E-state index contributed by atoms with van der Waals surface area (Å²) in [5.74, 6) is 0.318. The molecule has 1 aliphatic rings. The minimum atomic E-state index is -0.565. The lowest BCUT2D eigenvalue weighted by Gasteiger charge is -2.26. The van der Waals surface area contributed by atoms with Crippen molar-refractivity contribution in [2.45, 2.75) is 31.4 Å². The van der Waals surface area contributed by atoms with Crippen molar-refractivity contribution in [1.82, 2.24) is 5.32 Å². The highest BCUT2D eigenvalue weighted by molar-refractivity contribution is 6.30. The van der Waals surface area contributed by atoms with Crippen molar-refractivity contribution in [2.24, 2.45) is 0 Å². The van der Waals surface area contributed by atoms with Gasteiger partial charge in [-0.3, -0.25) is 0 Å². The molecule has 116 valence electrons. The quantitative estimate of drug-likeness (QED) is 0.811. The van der Waals surface area contributed by atoms with Gasteiger partial charge in [0.15, 0.2) is 0 Å². The Labute approximate surface area is 135 Å². The zero-order valence-electron chi connectivity index (χ0n) is 12.3. The number of aromatic hydroxyl groups is 1. The highest BCUT2D eigenvalue weighted by atomic mass is 35.5. The van der Waals surface area contributed by atoms with Crippen molar-refractivity contribution >= 4 is 11.6 Å². The van der Waals surface area contributed by atoms with Crippen LogP contribution in [0.15, 0.2) is 42.5 Å². The van der Waals surface area contributed by atoms with Gasteiger partial charge in [-0.15, -0.1) is 0 Å². The van der Waals surface area contributed by atoms with Crippen LogP contribution in [0.25, 0.3) is 0 Å². The van der Waals surface area contributed by atoms with Crippen LogP contribution in [0.1, 0.15) is 29.2 Å². The van der Waals surface area contributed by atoms with Crippen LogP contribution in [0, 0.1) is 0 Å². The number of nitrogens with one attached hydrogen (secondary N) is 1. The molecule has 0 aliphatic heterocycles. The van der Waals surface area contributed by atoms with Crippen LogP contribution < -0.4 is 5.32 Å². The third kappa shape index (κ3) is 3.61. The Bertz CT molecular complexity index is 659. The fourth-order valence-corrected chi connectivity index (χ4v) is 3.23. The molecule has 3 nitrogen and oxygen atoms in total. The molecule has 0 saturated heterocycles. The second-order valence-electron chi connectivity index (χ2n) is 5.87. The van der Waals surface area contributed by atoms with Gasteiger partial charge in [0.05, 0.1) is 6.10 Å². The number of halogens is 1. The fourth-order valence-electron chi connectivity index (χ4n) is 3.03. The normalized spacial score (nSPS) is 18.7. The van der Waals surface area contributed by atoms with E-state index in [1.807, 2.05) is 24.3 Å². The number of fused-ring (bicyclic) bond motifs is 1. The Kier molecular flexibility index (Phi) is 4.67. The highest BCUT2D eigenvalue weighted by Gasteiger charge is 2.19. The molecule has 1 aliphatic carbocycles. The van der Waals surface area contributed by atoms with Crippen LogP contribution in [0.2, 0.25) is 5.02 Å². The molecule has 0 aromatic heterocycles. The Morgan fingerprint density at radius 3 is 2.86 bits per heavy atom. The lowest BCUT2D eigenvalue weighted by Crippen LogP contribution is -2.37.